The number of carbonyl (C=O) groups excluding carboxylic acids is 1. The first kappa shape index (κ1) is 17.8. The summed E-state index contributed by atoms with van der Waals surface area (Å²) >= 11 is 7.31. The van der Waals surface area contributed by atoms with E-state index in [1.54, 1.807) is 30.1 Å². The lowest BCUT2D eigenvalue weighted by atomic mass is 9.89. The van der Waals surface area contributed by atoms with Crippen molar-refractivity contribution >= 4 is 40.1 Å². The van der Waals surface area contributed by atoms with Crippen molar-refractivity contribution in [3.05, 3.63) is 59.4 Å². The van der Waals surface area contributed by atoms with E-state index >= 15 is 0 Å². The maximum absolute atomic E-state index is 12.4. The van der Waals surface area contributed by atoms with E-state index in [9.17, 15) is 4.79 Å². The van der Waals surface area contributed by atoms with Crippen molar-refractivity contribution in [3.63, 3.8) is 0 Å². The molecule has 5 nitrogen and oxygen atoms in total. The Morgan fingerprint density at radius 3 is 2.92 bits per heavy atom. The number of nitrogens with zero attached hydrogens (tertiary/aromatic N) is 2. The molecule has 1 atom stereocenters. The van der Waals surface area contributed by atoms with E-state index in [2.05, 4.69) is 22.2 Å². The quantitative estimate of drug-likeness (QED) is 0.799. The van der Waals surface area contributed by atoms with Gasteiger partial charge in [-0.15, -0.1) is 11.6 Å². The van der Waals surface area contributed by atoms with Gasteiger partial charge in [-0.3, -0.25) is 14.8 Å². The van der Waals surface area contributed by atoms with Gasteiger partial charge in [0.15, 0.2) is 5.17 Å². The van der Waals surface area contributed by atoms with E-state index in [0.717, 1.165) is 23.3 Å². The summed E-state index contributed by atoms with van der Waals surface area (Å²) in [6.45, 7) is 2.06. The largest absolute Gasteiger partial charge is 0.379 e. The lowest BCUT2D eigenvalue weighted by Gasteiger charge is -2.30. The zero-order chi connectivity index (χ0) is 17.9. The topological polar surface area (TPSA) is 80.4 Å². The molecule has 1 amide bonds. The number of pyridine rings is 1. The number of aromatic nitrogens is 1. The molecule has 2 aromatic rings. The molecule has 1 aliphatic rings. The van der Waals surface area contributed by atoms with Crippen LogP contribution in [0.2, 0.25) is 0 Å². The van der Waals surface area contributed by atoms with Crippen molar-refractivity contribution in [1.82, 2.24) is 4.98 Å². The minimum Gasteiger partial charge on any atom is -0.379 e. The molecule has 1 aliphatic heterocycles. The second-order valence-electron chi connectivity index (χ2n) is 6.04. The summed E-state index contributed by atoms with van der Waals surface area (Å²) in [5.41, 5.74) is 8.48. The number of alkyl halides is 1. The van der Waals surface area contributed by atoms with E-state index in [1.165, 1.54) is 0 Å². The van der Waals surface area contributed by atoms with Gasteiger partial charge >= 0.3 is 0 Å². The number of halogens is 1. The molecular weight excluding hydrogens is 356 g/mol. The van der Waals surface area contributed by atoms with Gasteiger partial charge in [0.1, 0.15) is 5.69 Å². The van der Waals surface area contributed by atoms with Gasteiger partial charge in [0.05, 0.1) is 5.54 Å². The van der Waals surface area contributed by atoms with E-state index in [-0.39, 0.29) is 11.4 Å². The van der Waals surface area contributed by atoms with Crippen molar-refractivity contribution in [2.45, 2.75) is 24.8 Å². The third-order valence-corrected chi connectivity index (χ3v) is 5.25. The number of amides is 1. The molecule has 1 aromatic carbocycles. The van der Waals surface area contributed by atoms with Crippen LogP contribution < -0.4 is 11.1 Å². The number of anilines is 1. The summed E-state index contributed by atoms with van der Waals surface area (Å²) in [5, 5.41) is 3.49. The normalized spacial score (nSPS) is 20.0. The number of aliphatic imine (C=N–C) groups is 1. The average Bonchev–Trinajstić information content (AvgIpc) is 2.62. The zero-order valence-electron chi connectivity index (χ0n) is 13.8. The van der Waals surface area contributed by atoms with Crippen LogP contribution in [-0.2, 0) is 11.4 Å². The molecule has 0 aliphatic carbocycles. The van der Waals surface area contributed by atoms with Crippen molar-refractivity contribution in [2.24, 2.45) is 10.7 Å². The molecule has 7 heteroatoms. The molecule has 0 saturated heterocycles. The molecular formula is C18H19ClN4OS. The smallest absolute Gasteiger partial charge is 0.274 e. The molecule has 130 valence electrons. The first-order valence-corrected chi connectivity index (χ1v) is 9.43. The molecule has 0 spiro atoms. The van der Waals surface area contributed by atoms with Crippen molar-refractivity contribution in [2.75, 3.05) is 11.1 Å². The predicted molar refractivity (Wildman–Crippen MR) is 104 cm³/mol. The molecule has 0 saturated carbocycles. The van der Waals surface area contributed by atoms with Gasteiger partial charge in [-0.2, -0.15) is 0 Å². The van der Waals surface area contributed by atoms with Gasteiger partial charge in [-0.1, -0.05) is 30.0 Å². The van der Waals surface area contributed by atoms with E-state index in [4.69, 9.17) is 17.3 Å². The number of thioether (sulfide) groups is 1. The van der Waals surface area contributed by atoms with Crippen LogP contribution in [0.25, 0.3) is 0 Å². The highest BCUT2D eigenvalue weighted by atomic mass is 35.5. The standard InChI is InChI=1S/C18H19ClN4OS/c1-18(7-8-25-17(20)23-18)13-3-2-4-14(9-13)22-16(24)15-6-5-12(10-19)11-21-15/h2-6,9,11H,7-8,10H2,1H3,(H2,20,23)(H,22,24). The SMILES string of the molecule is CC1(c2cccc(NC(=O)c3ccc(CCl)cn3)c2)CCSC(N)=N1. The highest BCUT2D eigenvalue weighted by molar-refractivity contribution is 8.13. The lowest BCUT2D eigenvalue weighted by Crippen LogP contribution is -2.28. The summed E-state index contributed by atoms with van der Waals surface area (Å²) in [6, 6.07) is 11.2. The Bertz CT molecular complexity index is 809. The van der Waals surface area contributed by atoms with Crippen LogP contribution in [0.4, 0.5) is 5.69 Å². The fraction of sp³-hybridized carbons (Fsp3) is 0.278. The van der Waals surface area contributed by atoms with Gasteiger partial charge in [0.2, 0.25) is 0 Å². The van der Waals surface area contributed by atoms with Crippen molar-refractivity contribution in [3.8, 4) is 0 Å². The van der Waals surface area contributed by atoms with Gasteiger partial charge < -0.3 is 11.1 Å². The van der Waals surface area contributed by atoms with Crippen LogP contribution in [-0.4, -0.2) is 21.8 Å². The van der Waals surface area contributed by atoms with Crippen LogP contribution in [0.5, 0.6) is 0 Å². The number of rotatable bonds is 4. The van der Waals surface area contributed by atoms with E-state index in [1.807, 2.05) is 24.3 Å². The predicted octanol–water partition coefficient (Wildman–Crippen LogP) is 3.74. The Kier molecular flexibility index (Phi) is 5.30. The molecule has 1 unspecified atom stereocenters. The minimum absolute atomic E-state index is 0.259. The fourth-order valence-electron chi connectivity index (χ4n) is 2.66. The van der Waals surface area contributed by atoms with Crippen molar-refractivity contribution in [1.29, 1.82) is 0 Å². The second kappa shape index (κ2) is 7.45. The third-order valence-electron chi connectivity index (χ3n) is 4.15. The lowest BCUT2D eigenvalue weighted by molar-refractivity contribution is 0.102. The summed E-state index contributed by atoms with van der Waals surface area (Å²) in [7, 11) is 0. The Morgan fingerprint density at radius 1 is 1.40 bits per heavy atom. The third kappa shape index (κ3) is 4.14. The molecule has 2 heterocycles. The number of carbonyl (C=O) groups is 1. The molecule has 0 bridgehead atoms. The van der Waals surface area contributed by atoms with Crippen LogP contribution in [0, 0.1) is 0 Å². The maximum atomic E-state index is 12.4. The van der Waals surface area contributed by atoms with Crippen molar-refractivity contribution < 1.29 is 4.79 Å². The summed E-state index contributed by atoms with van der Waals surface area (Å²) in [4.78, 5) is 21.1. The average molecular weight is 375 g/mol. The first-order chi connectivity index (χ1) is 12.0. The first-order valence-electron chi connectivity index (χ1n) is 7.91. The van der Waals surface area contributed by atoms with Crippen LogP contribution in [0.3, 0.4) is 0 Å². The van der Waals surface area contributed by atoms with Gasteiger partial charge in [-0.05, 0) is 42.7 Å². The van der Waals surface area contributed by atoms with Gasteiger partial charge in [0, 0.05) is 23.5 Å². The minimum atomic E-state index is -0.365. The number of nitrogens with one attached hydrogen (secondary N) is 1. The van der Waals surface area contributed by atoms with Gasteiger partial charge in [-0.25, -0.2) is 0 Å². The number of amidine groups is 1. The summed E-state index contributed by atoms with van der Waals surface area (Å²) in [6.07, 6.45) is 2.51. The Hall–Kier alpha value is -2.05. The van der Waals surface area contributed by atoms with Crippen LogP contribution in [0.15, 0.2) is 47.6 Å². The Morgan fingerprint density at radius 2 is 2.24 bits per heavy atom. The second-order valence-corrected chi connectivity index (χ2v) is 7.43. The van der Waals surface area contributed by atoms with E-state index in [0.29, 0.717) is 22.4 Å². The molecule has 1 aromatic heterocycles. The number of hydrogen-bond donors (Lipinski definition) is 2. The summed E-state index contributed by atoms with van der Waals surface area (Å²) < 4.78 is 0. The number of hydrogen-bond acceptors (Lipinski definition) is 5. The number of nitrogens with two attached hydrogens (primary N) is 1. The van der Waals surface area contributed by atoms with Gasteiger partial charge in [0.25, 0.3) is 5.91 Å². The molecule has 3 rings (SSSR count). The fourth-order valence-corrected chi connectivity index (χ4v) is 3.79. The zero-order valence-corrected chi connectivity index (χ0v) is 15.4. The Labute approximate surface area is 156 Å². The van der Waals surface area contributed by atoms with E-state index < -0.39 is 0 Å². The molecule has 25 heavy (non-hydrogen) atoms. The number of benzene rings is 1. The highest BCUT2D eigenvalue weighted by Gasteiger charge is 2.29. The monoisotopic (exact) mass is 374 g/mol. The molecule has 0 radical (unpaired) electrons. The highest BCUT2D eigenvalue weighted by Crippen LogP contribution is 2.35. The Balaban J connectivity index is 1.79. The van der Waals surface area contributed by atoms with Crippen LogP contribution in [0.1, 0.15) is 35.0 Å². The molecule has 3 N–H and O–H groups in total. The van der Waals surface area contributed by atoms with Crippen LogP contribution >= 0.6 is 23.4 Å². The maximum Gasteiger partial charge on any atom is 0.274 e. The molecule has 0 fully saturated rings. The summed E-state index contributed by atoms with van der Waals surface area (Å²) in [5.74, 6) is 1.04.